The van der Waals surface area contributed by atoms with Crippen LogP contribution < -0.4 is 11.3 Å². The Labute approximate surface area is 95.6 Å². The van der Waals surface area contributed by atoms with E-state index in [1.807, 2.05) is 33.8 Å². The Bertz CT molecular complexity index is 458. The summed E-state index contributed by atoms with van der Waals surface area (Å²) in [7, 11) is 0. The molecule has 88 valence electrons. The van der Waals surface area contributed by atoms with Gasteiger partial charge in [-0.3, -0.25) is 10.2 Å². The monoisotopic (exact) mass is 221 g/mol. The van der Waals surface area contributed by atoms with Crippen LogP contribution in [0.2, 0.25) is 0 Å². The molecule has 1 heterocycles. The highest BCUT2D eigenvalue weighted by molar-refractivity contribution is 5.94. The molecule has 16 heavy (non-hydrogen) atoms. The molecule has 0 saturated carbocycles. The van der Waals surface area contributed by atoms with E-state index in [4.69, 9.17) is 11.1 Å². The fraction of sp³-hybridized carbons (Fsp3) is 0.500. The number of rotatable bonds is 3. The second-order valence-corrected chi connectivity index (χ2v) is 4.51. The average molecular weight is 221 g/mol. The minimum Gasteiger partial charge on any atom is -0.384 e. The van der Waals surface area contributed by atoms with Crippen molar-refractivity contribution in [2.75, 3.05) is 0 Å². The predicted molar refractivity (Wildman–Crippen MR) is 66.2 cm³/mol. The lowest BCUT2D eigenvalue weighted by Gasteiger charge is -2.19. The summed E-state index contributed by atoms with van der Waals surface area (Å²) in [5.74, 6) is 0.103. The Kier molecular flexibility index (Phi) is 3.52. The Hall–Kier alpha value is -1.58. The van der Waals surface area contributed by atoms with Gasteiger partial charge in [-0.15, -0.1) is 0 Å². The number of nitrogens with one attached hydrogen (secondary N) is 1. The van der Waals surface area contributed by atoms with Crippen LogP contribution >= 0.6 is 0 Å². The van der Waals surface area contributed by atoms with Crippen LogP contribution in [0, 0.1) is 5.41 Å². The maximum atomic E-state index is 12.1. The van der Waals surface area contributed by atoms with Gasteiger partial charge in [-0.1, -0.05) is 13.8 Å². The molecule has 0 aliphatic carbocycles. The van der Waals surface area contributed by atoms with Gasteiger partial charge in [0.15, 0.2) is 0 Å². The molecule has 1 aromatic rings. The van der Waals surface area contributed by atoms with Crippen molar-refractivity contribution in [3.63, 3.8) is 0 Å². The van der Waals surface area contributed by atoms with E-state index in [0.29, 0.717) is 0 Å². The van der Waals surface area contributed by atoms with Gasteiger partial charge in [0, 0.05) is 11.7 Å². The van der Waals surface area contributed by atoms with Crippen LogP contribution in [-0.2, 0) is 0 Å². The number of nitrogens with zero attached hydrogens (tertiary/aromatic N) is 1. The van der Waals surface area contributed by atoms with E-state index in [1.54, 1.807) is 10.6 Å². The molecule has 3 N–H and O–H groups in total. The van der Waals surface area contributed by atoms with Crippen molar-refractivity contribution in [2.24, 2.45) is 5.73 Å². The lowest BCUT2D eigenvalue weighted by molar-refractivity contribution is 0.534. The molecule has 0 amide bonds. The lowest BCUT2D eigenvalue weighted by atomic mass is 10.1. The fourth-order valence-electron chi connectivity index (χ4n) is 1.78. The highest BCUT2D eigenvalue weighted by Gasteiger charge is 2.14. The molecule has 0 aliphatic heterocycles. The van der Waals surface area contributed by atoms with Crippen LogP contribution in [0.15, 0.2) is 16.9 Å². The van der Waals surface area contributed by atoms with E-state index in [0.717, 1.165) is 5.69 Å². The van der Waals surface area contributed by atoms with E-state index < -0.39 is 0 Å². The summed E-state index contributed by atoms with van der Waals surface area (Å²) >= 11 is 0. The number of pyridine rings is 1. The number of hydrogen-bond acceptors (Lipinski definition) is 2. The molecule has 4 heteroatoms. The van der Waals surface area contributed by atoms with Crippen molar-refractivity contribution in [1.82, 2.24) is 4.57 Å². The molecule has 1 aromatic heterocycles. The van der Waals surface area contributed by atoms with Crippen molar-refractivity contribution >= 4 is 5.84 Å². The molecule has 0 atom stereocenters. The zero-order chi connectivity index (χ0) is 12.5. The summed E-state index contributed by atoms with van der Waals surface area (Å²) in [5.41, 5.74) is 6.46. The molecule has 1 rings (SSSR count). The largest absolute Gasteiger partial charge is 0.384 e. The van der Waals surface area contributed by atoms with Crippen molar-refractivity contribution in [3.05, 3.63) is 33.7 Å². The molecule has 0 fully saturated rings. The SMILES string of the molecule is CC(C)c1ccc(C(=N)N)c(=O)n1C(C)C. The zero-order valence-corrected chi connectivity index (χ0v) is 10.2. The first-order valence-electron chi connectivity index (χ1n) is 5.46. The van der Waals surface area contributed by atoms with Gasteiger partial charge in [0.25, 0.3) is 5.56 Å². The molecular formula is C12H19N3O. The summed E-state index contributed by atoms with van der Waals surface area (Å²) in [6, 6.07) is 3.59. The second kappa shape index (κ2) is 4.51. The number of nitrogen functional groups attached to an aromatic ring is 1. The van der Waals surface area contributed by atoms with Crippen LogP contribution in [0.25, 0.3) is 0 Å². The van der Waals surface area contributed by atoms with E-state index in [2.05, 4.69) is 0 Å². The summed E-state index contributed by atoms with van der Waals surface area (Å²) in [6.45, 7) is 8.00. The third-order valence-electron chi connectivity index (χ3n) is 2.55. The molecule has 0 radical (unpaired) electrons. The summed E-state index contributed by atoms with van der Waals surface area (Å²) in [4.78, 5) is 12.1. The first-order valence-corrected chi connectivity index (χ1v) is 5.46. The smallest absolute Gasteiger partial charge is 0.261 e. The first-order chi connectivity index (χ1) is 7.36. The van der Waals surface area contributed by atoms with Crippen molar-refractivity contribution in [1.29, 1.82) is 5.41 Å². The first kappa shape index (κ1) is 12.5. The molecule has 0 bridgehead atoms. The number of amidine groups is 1. The topological polar surface area (TPSA) is 71.9 Å². The molecule has 4 nitrogen and oxygen atoms in total. The van der Waals surface area contributed by atoms with Gasteiger partial charge in [0.2, 0.25) is 0 Å². The normalized spacial score (nSPS) is 11.1. The quantitative estimate of drug-likeness (QED) is 0.604. The van der Waals surface area contributed by atoms with Gasteiger partial charge in [-0.05, 0) is 31.9 Å². The zero-order valence-electron chi connectivity index (χ0n) is 10.2. The van der Waals surface area contributed by atoms with Crippen LogP contribution in [0.1, 0.15) is 50.9 Å². The molecule has 0 aliphatic rings. The molecular weight excluding hydrogens is 202 g/mol. The standard InChI is InChI=1S/C12H19N3O/c1-7(2)10-6-5-9(11(13)14)12(16)15(10)8(3)4/h5-8H,1-4H3,(H3,13,14). The van der Waals surface area contributed by atoms with Crippen LogP contribution in [0.3, 0.4) is 0 Å². The molecule has 0 spiro atoms. The van der Waals surface area contributed by atoms with E-state index in [-0.39, 0.29) is 28.9 Å². The average Bonchev–Trinajstić information content (AvgIpc) is 2.15. The van der Waals surface area contributed by atoms with E-state index >= 15 is 0 Å². The highest BCUT2D eigenvalue weighted by Crippen LogP contribution is 2.16. The van der Waals surface area contributed by atoms with Crippen molar-refractivity contribution < 1.29 is 0 Å². The Balaban J connectivity index is 3.55. The van der Waals surface area contributed by atoms with E-state index in [1.165, 1.54) is 0 Å². The molecule has 0 saturated heterocycles. The van der Waals surface area contributed by atoms with Crippen LogP contribution in [0.5, 0.6) is 0 Å². The minimum absolute atomic E-state index is 0.0733. The van der Waals surface area contributed by atoms with E-state index in [9.17, 15) is 4.79 Å². The maximum Gasteiger partial charge on any atom is 0.261 e. The highest BCUT2D eigenvalue weighted by atomic mass is 16.1. The third kappa shape index (κ3) is 2.15. The van der Waals surface area contributed by atoms with Gasteiger partial charge < -0.3 is 10.3 Å². The minimum atomic E-state index is -0.172. The van der Waals surface area contributed by atoms with Crippen LogP contribution in [-0.4, -0.2) is 10.4 Å². The number of hydrogen-bond donors (Lipinski definition) is 2. The molecule has 0 unspecified atom stereocenters. The Morgan fingerprint density at radius 2 is 1.88 bits per heavy atom. The number of nitrogens with two attached hydrogens (primary N) is 1. The predicted octanol–water partition coefficient (Wildman–Crippen LogP) is 1.84. The maximum absolute atomic E-state index is 12.1. The summed E-state index contributed by atoms with van der Waals surface area (Å²) in [5, 5.41) is 7.36. The van der Waals surface area contributed by atoms with Gasteiger partial charge in [0.05, 0.1) is 5.56 Å². The van der Waals surface area contributed by atoms with Gasteiger partial charge in [-0.2, -0.15) is 0 Å². The van der Waals surface area contributed by atoms with Crippen molar-refractivity contribution in [3.8, 4) is 0 Å². The Morgan fingerprint density at radius 3 is 2.25 bits per heavy atom. The lowest BCUT2D eigenvalue weighted by Crippen LogP contribution is -2.32. The van der Waals surface area contributed by atoms with Gasteiger partial charge >= 0.3 is 0 Å². The third-order valence-corrected chi connectivity index (χ3v) is 2.55. The summed E-state index contributed by atoms with van der Waals surface area (Å²) in [6.07, 6.45) is 0. The fourth-order valence-corrected chi connectivity index (χ4v) is 1.78. The second-order valence-electron chi connectivity index (χ2n) is 4.51. The van der Waals surface area contributed by atoms with Gasteiger partial charge in [-0.25, -0.2) is 0 Å². The Morgan fingerprint density at radius 1 is 1.31 bits per heavy atom. The van der Waals surface area contributed by atoms with Crippen molar-refractivity contribution in [2.45, 2.75) is 39.7 Å². The summed E-state index contributed by atoms with van der Waals surface area (Å²) < 4.78 is 1.71. The van der Waals surface area contributed by atoms with Crippen LogP contribution in [0.4, 0.5) is 0 Å². The number of aromatic nitrogens is 1. The van der Waals surface area contributed by atoms with Gasteiger partial charge in [0.1, 0.15) is 5.84 Å². The molecule has 0 aromatic carbocycles.